The van der Waals surface area contributed by atoms with Crippen molar-refractivity contribution >= 4 is 27.3 Å². The molecule has 1 aromatic carbocycles. The van der Waals surface area contributed by atoms with Crippen LogP contribution in [0.4, 0.5) is 0 Å². The van der Waals surface area contributed by atoms with E-state index >= 15 is 0 Å². The predicted molar refractivity (Wildman–Crippen MR) is 90.3 cm³/mol. The molecule has 0 aliphatic heterocycles. The van der Waals surface area contributed by atoms with E-state index in [4.69, 9.17) is 4.74 Å². The van der Waals surface area contributed by atoms with Crippen molar-refractivity contribution in [2.75, 3.05) is 7.11 Å². The summed E-state index contributed by atoms with van der Waals surface area (Å²) in [5, 5.41) is 10.6. The second kappa shape index (κ2) is 6.51. The Hall–Kier alpha value is -0.840. The Bertz CT molecular complexity index is 612. The van der Waals surface area contributed by atoms with Crippen LogP contribution in [0, 0.1) is 0 Å². The summed E-state index contributed by atoms with van der Waals surface area (Å²) in [4.78, 5) is 2.52. The van der Waals surface area contributed by atoms with E-state index in [0.29, 0.717) is 0 Å². The summed E-state index contributed by atoms with van der Waals surface area (Å²) in [5.41, 5.74) is 2.35. The number of hydrogen-bond acceptors (Lipinski definition) is 3. The highest BCUT2D eigenvalue weighted by atomic mass is 79.9. The molecule has 2 nitrogen and oxygen atoms in total. The molecule has 2 aromatic rings. The zero-order valence-electron chi connectivity index (χ0n) is 12.1. The van der Waals surface area contributed by atoms with Crippen LogP contribution in [0.15, 0.2) is 28.7 Å². The number of halogens is 1. The maximum absolute atomic E-state index is 10.6. The van der Waals surface area contributed by atoms with Gasteiger partial charge in [0, 0.05) is 9.75 Å². The van der Waals surface area contributed by atoms with E-state index in [0.717, 1.165) is 27.1 Å². The van der Waals surface area contributed by atoms with Crippen LogP contribution in [0.5, 0.6) is 5.75 Å². The summed E-state index contributed by atoms with van der Waals surface area (Å²) in [6, 6.07) is 7.96. The molecule has 0 saturated heterocycles. The summed E-state index contributed by atoms with van der Waals surface area (Å²) < 4.78 is 6.11. The van der Waals surface area contributed by atoms with Gasteiger partial charge in [0.15, 0.2) is 0 Å². The van der Waals surface area contributed by atoms with Gasteiger partial charge in [0.2, 0.25) is 0 Å². The number of methoxy groups -OCH3 is 1. The SMILES string of the molecule is COc1ccc(C(O)c2cc3c(s2)CCCCC3)cc1Br. The third-order valence-corrected chi connectivity index (χ3v) is 5.94. The molecule has 1 aliphatic carbocycles. The molecule has 1 aliphatic rings. The zero-order valence-corrected chi connectivity index (χ0v) is 14.5. The van der Waals surface area contributed by atoms with Gasteiger partial charge in [-0.2, -0.15) is 0 Å². The van der Waals surface area contributed by atoms with E-state index in [1.807, 2.05) is 18.2 Å². The maximum atomic E-state index is 10.6. The number of thiophene rings is 1. The molecule has 0 amide bonds. The predicted octanol–water partition coefficient (Wildman–Crippen LogP) is 4.87. The Labute approximate surface area is 137 Å². The lowest BCUT2D eigenvalue weighted by atomic mass is 10.1. The van der Waals surface area contributed by atoms with Gasteiger partial charge < -0.3 is 9.84 Å². The van der Waals surface area contributed by atoms with Gasteiger partial charge in [0.25, 0.3) is 0 Å². The average molecular weight is 367 g/mol. The number of benzene rings is 1. The number of ether oxygens (including phenoxy) is 1. The molecule has 1 N–H and O–H groups in total. The number of aryl methyl sites for hydroxylation is 2. The Kier molecular flexibility index (Phi) is 4.67. The fourth-order valence-electron chi connectivity index (χ4n) is 2.84. The quantitative estimate of drug-likeness (QED) is 0.785. The molecule has 1 heterocycles. The van der Waals surface area contributed by atoms with Crippen LogP contribution in [0.25, 0.3) is 0 Å². The molecule has 3 rings (SSSR count). The summed E-state index contributed by atoms with van der Waals surface area (Å²) >= 11 is 5.25. The van der Waals surface area contributed by atoms with Gasteiger partial charge in [-0.1, -0.05) is 12.5 Å². The molecule has 0 bridgehead atoms. The average Bonchev–Trinajstić information content (AvgIpc) is 2.77. The van der Waals surface area contributed by atoms with Gasteiger partial charge in [-0.25, -0.2) is 0 Å². The van der Waals surface area contributed by atoms with Crippen molar-refractivity contribution in [1.29, 1.82) is 0 Å². The topological polar surface area (TPSA) is 29.5 Å². The lowest BCUT2D eigenvalue weighted by molar-refractivity contribution is 0.224. The van der Waals surface area contributed by atoms with Gasteiger partial charge in [-0.15, -0.1) is 11.3 Å². The van der Waals surface area contributed by atoms with Crippen molar-refractivity contribution in [3.05, 3.63) is 49.6 Å². The first-order valence-corrected chi connectivity index (χ1v) is 8.93. The maximum Gasteiger partial charge on any atom is 0.133 e. The minimum absolute atomic E-state index is 0.552. The Morgan fingerprint density at radius 2 is 2.00 bits per heavy atom. The van der Waals surface area contributed by atoms with Crippen LogP contribution < -0.4 is 4.74 Å². The molecule has 21 heavy (non-hydrogen) atoms. The number of fused-ring (bicyclic) bond motifs is 1. The molecule has 0 fully saturated rings. The second-order valence-electron chi connectivity index (χ2n) is 5.45. The van der Waals surface area contributed by atoms with Crippen LogP contribution in [0.3, 0.4) is 0 Å². The Morgan fingerprint density at radius 1 is 1.19 bits per heavy atom. The van der Waals surface area contributed by atoms with Gasteiger partial charge in [-0.3, -0.25) is 0 Å². The van der Waals surface area contributed by atoms with Crippen molar-refractivity contribution in [2.45, 2.75) is 38.2 Å². The van der Waals surface area contributed by atoms with Crippen molar-refractivity contribution in [3.8, 4) is 5.75 Å². The molecule has 0 spiro atoms. The minimum Gasteiger partial charge on any atom is -0.496 e. The third-order valence-electron chi connectivity index (χ3n) is 4.03. The van der Waals surface area contributed by atoms with E-state index < -0.39 is 6.10 Å². The first-order valence-electron chi connectivity index (χ1n) is 7.32. The first kappa shape index (κ1) is 15.1. The van der Waals surface area contributed by atoms with E-state index in [9.17, 15) is 5.11 Å². The minimum atomic E-state index is -0.552. The lowest BCUT2D eigenvalue weighted by Gasteiger charge is -2.11. The zero-order chi connectivity index (χ0) is 14.8. The van der Waals surface area contributed by atoms with Gasteiger partial charge in [0.05, 0.1) is 11.6 Å². The molecule has 0 radical (unpaired) electrons. The Morgan fingerprint density at radius 3 is 2.76 bits per heavy atom. The molecular formula is C17H19BrO2S. The highest BCUT2D eigenvalue weighted by Crippen LogP contribution is 2.36. The largest absolute Gasteiger partial charge is 0.496 e. The molecule has 0 saturated carbocycles. The van der Waals surface area contributed by atoms with Crippen molar-refractivity contribution < 1.29 is 9.84 Å². The van der Waals surface area contributed by atoms with Crippen LogP contribution in [0.1, 0.15) is 46.2 Å². The fourth-order valence-corrected chi connectivity index (χ4v) is 4.67. The number of aliphatic hydroxyl groups excluding tert-OH is 1. The molecule has 1 atom stereocenters. The van der Waals surface area contributed by atoms with Gasteiger partial charge in [-0.05, 0) is 70.9 Å². The van der Waals surface area contributed by atoms with E-state index in [-0.39, 0.29) is 0 Å². The van der Waals surface area contributed by atoms with Crippen molar-refractivity contribution in [2.24, 2.45) is 0 Å². The number of hydrogen-bond donors (Lipinski definition) is 1. The van der Waals surface area contributed by atoms with E-state index in [1.165, 1.54) is 36.1 Å². The monoisotopic (exact) mass is 366 g/mol. The number of aliphatic hydroxyl groups is 1. The molecule has 4 heteroatoms. The van der Waals surface area contributed by atoms with Crippen LogP contribution in [-0.2, 0) is 12.8 Å². The van der Waals surface area contributed by atoms with Gasteiger partial charge in [0.1, 0.15) is 11.9 Å². The Balaban J connectivity index is 1.88. The highest BCUT2D eigenvalue weighted by Gasteiger charge is 2.19. The van der Waals surface area contributed by atoms with Crippen LogP contribution in [-0.4, -0.2) is 12.2 Å². The van der Waals surface area contributed by atoms with Crippen molar-refractivity contribution in [3.63, 3.8) is 0 Å². The summed E-state index contributed by atoms with van der Waals surface area (Å²) in [6.45, 7) is 0. The molecule has 1 aromatic heterocycles. The second-order valence-corrected chi connectivity index (χ2v) is 7.48. The lowest BCUT2D eigenvalue weighted by Crippen LogP contribution is -1.98. The van der Waals surface area contributed by atoms with Crippen molar-refractivity contribution in [1.82, 2.24) is 0 Å². The smallest absolute Gasteiger partial charge is 0.133 e. The number of rotatable bonds is 3. The van der Waals surface area contributed by atoms with E-state index in [2.05, 4.69) is 22.0 Å². The summed E-state index contributed by atoms with van der Waals surface area (Å²) in [6.07, 6.45) is 5.64. The summed E-state index contributed by atoms with van der Waals surface area (Å²) in [7, 11) is 1.65. The van der Waals surface area contributed by atoms with Crippen LogP contribution >= 0.6 is 27.3 Å². The molecule has 1 unspecified atom stereocenters. The van der Waals surface area contributed by atoms with E-state index in [1.54, 1.807) is 18.4 Å². The molecule has 112 valence electrons. The first-order chi connectivity index (χ1) is 10.2. The normalized spacial score (nSPS) is 16.1. The summed E-state index contributed by atoms with van der Waals surface area (Å²) in [5.74, 6) is 0.785. The standard InChI is InChI=1S/C17H19BrO2S/c1-20-14-8-7-12(9-13(14)18)17(19)16-10-11-5-3-2-4-6-15(11)21-16/h7-10,17,19H,2-6H2,1H3. The third kappa shape index (κ3) is 3.17. The highest BCUT2D eigenvalue weighted by molar-refractivity contribution is 9.10. The van der Waals surface area contributed by atoms with Gasteiger partial charge >= 0.3 is 0 Å². The fraction of sp³-hybridized carbons (Fsp3) is 0.412. The molecular weight excluding hydrogens is 348 g/mol. The van der Waals surface area contributed by atoms with Crippen LogP contribution in [0.2, 0.25) is 0 Å².